The van der Waals surface area contributed by atoms with Crippen LogP contribution < -0.4 is 31.5 Å². The topological polar surface area (TPSA) is 286 Å². The molecule has 0 aliphatic carbocycles. The molecule has 258 valence electrons. The number of hydrogen-bond acceptors (Lipinski definition) is 15. The van der Waals surface area contributed by atoms with E-state index in [2.05, 4.69) is 30.1 Å². The number of hydrogen-bond donors (Lipinski definition) is 6. The smallest absolute Gasteiger partial charge is 0.350 e. The van der Waals surface area contributed by atoms with Crippen molar-refractivity contribution in [2.24, 2.45) is 5.16 Å². The van der Waals surface area contributed by atoms with Gasteiger partial charge in [-0.15, -0.1) is 24.2 Å². The SMILES string of the molecule is CC(C)(ON=C(C(=O)N[C@@H]1C(=O)N2C(C(=O)[O-])=C(C[n+]3cccc(NC(=O)c4cc(=O)c(O)c[nH]4)c3)CS[C@@H]12)c1nsc(N)n1)C(=O)O.Cl. The number of nitrogens with one attached hydrogen (secondary N) is 3. The van der Waals surface area contributed by atoms with Crippen molar-refractivity contribution in [2.45, 2.75) is 37.4 Å². The van der Waals surface area contributed by atoms with Crippen molar-refractivity contribution in [1.29, 1.82) is 0 Å². The van der Waals surface area contributed by atoms with Gasteiger partial charge >= 0.3 is 5.97 Å². The Morgan fingerprint density at radius 2 is 2.04 bits per heavy atom. The summed E-state index contributed by atoms with van der Waals surface area (Å²) < 4.78 is 5.47. The Bertz CT molecular complexity index is 1980. The molecule has 2 aliphatic heterocycles. The van der Waals surface area contributed by atoms with Crippen LogP contribution in [0.1, 0.15) is 30.2 Å². The maximum Gasteiger partial charge on any atom is 0.350 e. The van der Waals surface area contributed by atoms with Gasteiger partial charge in [0.05, 0.1) is 11.7 Å². The summed E-state index contributed by atoms with van der Waals surface area (Å²) in [5, 5.41) is 38.8. The third-order valence-electron chi connectivity index (χ3n) is 6.90. The van der Waals surface area contributed by atoms with Gasteiger partial charge in [0, 0.05) is 41.2 Å². The number of halogens is 1. The van der Waals surface area contributed by atoms with Crippen LogP contribution in [0.5, 0.6) is 5.75 Å². The van der Waals surface area contributed by atoms with E-state index in [1.807, 2.05) is 0 Å². The van der Waals surface area contributed by atoms with Gasteiger partial charge in [-0.25, -0.2) is 4.79 Å². The highest BCUT2D eigenvalue weighted by Gasteiger charge is 2.53. The average molecular weight is 736 g/mol. The minimum absolute atomic E-state index is 0. The number of aliphatic carboxylic acids is 2. The number of carbonyl (C=O) groups is 5. The number of oxime groups is 1. The fraction of sp³-hybridized carbons (Fsp3) is 0.259. The molecule has 0 aromatic carbocycles. The molecule has 2 aliphatic rings. The van der Waals surface area contributed by atoms with Crippen LogP contribution in [-0.4, -0.2) is 87.6 Å². The molecule has 5 heterocycles. The van der Waals surface area contributed by atoms with Crippen molar-refractivity contribution in [2.75, 3.05) is 16.8 Å². The second kappa shape index (κ2) is 14.3. The molecule has 5 rings (SSSR count). The molecule has 49 heavy (non-hydrogen) atoms. The Hall–Kier alpha value is -5.54. The van der Waals surface area contributed by atoms with Gasteiger partial charge in [0.15, 0.2) is 29.8 Å². The number of fused-ring (bicyclic) bond motifs is 1. The highest BCUT2D eigenvalue weighted by molar-refractivity contribution is 8.00. The fourth-order valence-electron chi connectivity index (χ4n) is 4.42. The second-order valence-electron chi connectivity index (χ2n) is 10.7. The van der Waals surface area contributed by atoms with E-state index in [-0.39, 0.29) is 47.1 Å². The molecular weight excluding hydrogens is 710 g/mol. The highest BCUT2D eigenvalue weighted by Crippen LogP contribution is 2.40. The number of nitrogen functional groups attached to an aromatic ring is 1. The first-order valence-electron chi connectivity index (χ1n) is 13.7. The van der Waals surface area contributed by atoms with E-state index in [0.29, 0.717) is 11.3 Å². The number of β-lactam (4-membered cyclic amide) rings is 1. The number of carbonyl (C=O) groups excluding carboxylic acids is 4. The number of nitrogens with zero attached hydrogens (tertiary/aromatic N) is 5. The number of aromatic amines is 1. The summed E-state index contributed by atoms with van der Waals surface area (Å²) in [6.45, 7) is 2.37. The van der Waals surface area contributed by atoms with Gasteiger partial charge in [-0.05, 0) is 19.9 Å². The number of rotatable bonds is 11. The zero-order valence-electron chi connectivity index (χ0n) is 25.2. The maximum absolute atomic E-state index is 13.2. The Balaban J connectivity index is 0.00000541. The van der Waals surface area contributed by atoms with E-state index in [1.54, 1.807) is 22.9 Å². The minimum atomic E-state index is -1.84. The molecule has 19 nitrogen and oxygen atoms in total. The molecule has 0 spiro atoms. The lowest BCUT2D eigenvalue weighted by Gasteiger charge is -2.50. The van der Waals surface area contributed by atoms with Crippen LogP contribution in [0, 0.1) is 0 Å². The van der Waals surface area contributed by atoms with Gasteiger partial charge in [-0.1, -0.05) is 5.16 Å². The predicted molar refractivity (Wildman–Crippen MR) is 171 cm³/mol. The number of aromatic hydroxyl groups is 1. The molecule has 2 atom stereocenters. The van der Waals surface area contributed by atoms with E-state index in [0.717, 1.165) is 28.7 Å². The summed E-state index contributed by atoms with van der Waals surface area (Å²) in [6, 6.07) is 2.87. The number of pyridine rings is 2. The van der Waals surface area contributed by atoms with Crippen LogP contribution in [0.15, 0.2) is 58.0 Å². The van der Waals surface area contributed by atoms with Crippen molar-refractivity contribution in [3.05, 3.63) is 69.8 Å². The number of nitrogens with two attached hydrogens (primary N) is 1. The molecule has 0 unspecified atom stereocenters. The standard InChI is InChI=1S/C27H25N9O10S2.ClH/c1-27(2,25(44)45)46-33-16(19-32-26(28)48-34-19)21(40)31-17-22(41)36-18(24(42)43)11(10-47-23(17)36)8-35-5-3-4-12(9-35)30-20(39)13-6-14(37)15(38)7-29-13;/h3-7,9,17,23H,8,10H2,1-2H3,(H7-,28,29,30,31,32,33,34,37,38,39,40,42,43,44,45);1H/t17-,23+;/m1./s1. The summed E-state index contributed by atoms with van der Waals surface area (Å²) in [6.07, 6.45) is 4.08. The Kier molecular flexibility index (Phi) is 10.6. The summed E-state index contributed by atoms with van der Waals surface area (Å²) in [4.78, 5) is 86.9. The van der Waals surface area contributed by atoms with E-state index < -0.39 is 63.6 Å². The summed E-state index contributed by atoms with van der Waals surface area (Å²) in [7, 11) is 0. The average Bonchev–Trinajstić information content (AvgIpc) is 3.46. The number of carboxylic acid groups (broad SMARTS) is 2. The largest absolute Gasteiger partial charge is 0.543 e. The Morgan fingerprint density at radius 1 is 1.31 bits per heavy atom. The van der Waals surface area contributed by atoms with Crippen LogP contribution in [0.2, 0.25) is 0 Å². The first-order valence-corrected chi connectivity index (χ1v) is 15.5. The number of carboxylic acids is 2. The van der Waals surface area contributed by atoms with E-state index in [4.69, 9.17) is 10.6 Å². The lowest BCUT2D eigenvalue weighted by atomic mass is 10.0. The number of H-pyrrole nitrogens is 1. The molecular formula is C27H26ClN9O10S2. The van der Waals surface area contributed by atoms with E-state index in [1.165, 1.54) is 31.8 Å². The fourth-order valence-corrected chi connectivity index (χ4v) is 6.19. The van der Waals surface area contributed by atoms with Crippen LogP contribution in [0.25, 0.3) is 0 Å². The number of anilines is 2. The number of amides is 3. The van der Waals surface area contributed by atoms with Gasteiger partial charge in [-0.3, -0.25) is 24.1 Å². The van der Waals surface area contributed by atoms with Crippen molar-refractivity contribution in [3.63, 3.8) is 0 Å². The molecule has 3 aromatic rings. The third-order valence-corrected chi connectivity index (χ3v) is 8.78. The molecule has 0 bridgehead atoms. The first kappa shape index (κ1) is 36.3. The first-order chi connectivity index (χ1) is 22.7. The zero-order valence-corrected chi connectivity index (χ0v) is 27.7. The van der Waals surface area contributed by atoms with Crippen LogP contribution in [0.4, 0.5) is 10.8 Å². The van der Waals surface area contributed by atoms with Gasteiger partial charge in [0.2, 0.25) is 22.6 Å². The monoisotopic (exact) mass is 735 g/mol. The van der Waals surface area contributed by atoms with Crippen molar-refractivity contribution >= 4 is 81.9 Å². The minimum Gasteiger partial charge on any atom is -0.543 e. The number of aromatic nitrogens is 4. The van der Waals surface area contributed by atoms with Gasteiger partial charge in [0.1, 0.15) is 22.8 Å². The van der Waals surface area contributed by atoms with Gasteiger partial charge < -0.3 is 46.3 Å². The van der Waals surface area contributed by atoms with Crippen molar-refractivity contribution < 1.29 is 48.7 Å². The lowest BCUT2D eigenvalue weighted by Crippen LogP contribution is -2.71. The molecule has 0 saturated carbocycles. The number of thioether (sulfide) groups is 1. The molecule has 1 saturated heterocycles. The zero-order chi connectivity index (χ0) is 34.9. The summed E-state index contributed by atoms with van der Waals surface area (Å²) >= 11 is 1.91. The summed E-state index contributed by atoms with van der Waals surface area (Å²) in [5.41, 5.74) is 2.59. The molecule has 0 radical (unpaired) electrons. The van der Waals surface area contributed by atoms with Crippen molar-refractivity contribution in [3.8, 4) is 5.75 Å². The Labute approximate surface area is 289 Å². The molecule has 22 heteroatoms. The lowest BCUT2D eigenvalue weighted by molar-refractivity contribution is -0.688. The van der Waals surface area contributed by atoms with Gasteiger partial charge in [-0.2, -0.15) is 13.9 Å². The normalized spacial score (nSPS) is 17.3. The molecule has 1 fully saturated rings. The second-order valence-corrected chi connectivity index (χ2v) is 12.6. The highest BCUT2D eigenvalue weighted by atomic mass is 35.5. The van der Waals surface area contributed by atoms with E-state index >= 15 is 0 Å². The van der Waals surface area contributed by atoms with E-state index in [9.17, 15) is 44.1 Å². The maximum atomic E-state index is 13.2. The summed E-state index contributed by atoms with van der Waals surface area (Å²) in [5.74, 6) is -6.14. The Morgan fingerprint density at radius 3 is 2.67 bits per heavy atom. The quantitative estimate of drug-likeness (QED) is 0.0547. The van der Waals surface area contributed by atoms with Crippen LogP contribution in [-0.2, 0) is 30.6 Å². The van der Waals surface area contributed by atoms with Crippen LogP contribution >= 0.6 is 35.7 Å². The third kappa shape index (κ3) is 7.63. The van der Waals surface area contributed by atoms with Crippen LogP contribution in [0.3, 0.4) is 0 Å². The van der Waals surface area contributed by atoms with Gasteiger partial charge in [0.25, 0.3) is 17.7 Å². The predicted octanol–water partition coefficient (Wildman–Crippen LogP) is -1.84. The molecule has 3 amide bonds. The van der Waals surface area contributed by atoms with Crippen molar-refractivity contribution in [1.82, 2.24) is 24.6 Å². The molecule has 3 aromatic heterocycles. The molecule has 7 N–H and O–H groups in total.